The molecular weight excluding hydrogens is 378 g/mol. The van der Waals surface area contributed by atoms with Gasteiger partial charge in [-0.3, -0.25) is 0 Å². The second-order valence-electron chi connectivity index (χ2n) is 7.21. The number of phenols is 1. The zero-order valence-corrected chi connectivity index (χ0v) is 17.0. The van der Waals surface area contributed by atoms with E-state index in [2.05, 4.69) is 47.6 Å². The lowest BCUT2D eigenvalue weighted by molar-refractivity contribution is 0.436. The molecule has 0 heterocycles. The van der Waals surface area contributed by atoms with Crippen LogP contribution in [0.2, 0.25) is 0 Å². The fourth-order valence-electron chi connectivity index (χ4n) is 3.77. The number of nitrogens with zero attached hydrogens (tertiary/aromatic N) is 1. The van der Waals surface area contributed by atoms with E-state index in [1.165, 1.54) is 5.57 Å². The van der Waals surface area contributed by atoms with E-state index in [0.717, 1.165) is 54.1 Å². The lowest BCUT2D eigenvalue weighted by atomic mass is 9.73. The number of phenolic OH excluding ortho intramolecular Hbond substituents is 1. The van der Waals surface area contributed by atoms with Crippen molar-refractivity contribution in [1.29, 1.82) is 0 Å². The van der Waals surface area contributed by atoms with Crippen LogP contribution in [0.25, 0.3) is 0 Å². The van der Waals surface area contributed by atoms with Gasteiger partial charge in [-0.25, -0.2) is 0 Å². The second-order valence-corrected chi connectivity index (χ2v) is 8.00. The van der Waals surface area contributed by atoms with Crippen LogP contribution in [0.15, 0.2) is 39.5 Å². The third-order valence-corrected chi connectivity index (χ3v) is 6.07. The third kappa shape index (κ3) is 4.41. The van der Waals surface area contributed by atoms with Crippen molar-refractivity contribution in [1.82, 2.24) is 0 Å². The second kappa shape index (κ2) is 8.79. The van der Waals surface area contributed by atoms with Crippen molar-refractivity contribution >= 4 is 21.6 Å². The van der Waals surface area contributed by atoms with Gasteiger partial charge in [-0.2, -0.15) is 0 Å². The predicted octanol–water partition coefficient (Wildman–Crippen LogP) is 7.30. The minimum Gasteiger partial charge on any atom is -0.508 e. The van der Waals surface area contributed by atoms with Gasteiger partial charge >= 0.3 is 0 Å². The number of hydrogen-bond donors (Lipinski definition) is 1. The van der Waals surface area contributed by atoms with Gasteiger partial charge in [0.2, 0.25) is 0 Å². The van der Waals surface area contributed by atoms with Crippen molar-refractivity contribution in [3.05, 3.63) is 50.4 Å². The summed E-state index contributed by atoms with van der Waals surface area (Å²) >= 11 is 3.57. The molecule has 1 aromatic carbocycles. The summed E-state index contributed by atoms with van der Waals surface area (Å²) in [5.74, 6) is 0.333. The monoisotopic (exact) mass is 405 g/mol. The third-order valence-electron chi connectivity index (χ3n) is 5.19. The highest BCUT2D eigenvalue weighted by atomic mass is 79.9. The minimum absolute atomic E-state index is 0.0556. The molecule has 1 aliphatic rings. The van der Waals surface area contributed by atoms with E-state index in [-0.39, 0.29) is 17.6 Å². The summed E-state index contributed by atoms with van der Waals surface area (Å²) in [5.41, 5.74) is 4.28. The first-order valence-corrected chi connectivity index (χ1v) is 9.90. The van der Waals surface area contributed by atoms with Crippen LogP contribution in [0.3, 0.4) is 0 Å². The number of unbranched alkanes of at least 4 members (excludes halogenated alkanes) is 2. The van der Waals surface area contributed by atoms with Gasteiger partial charge in [-0.1, -0.05) is 43.6 Å². The van der Waals surface area contributed by atoms with Crippen molar-refractivity contribution in [2.24, 2.45) is 11.1 Å². The van der Waals surface area contributed by atoms with E-state index in [9.17, 15) is 10.0 Å². The SMILES string of the molecule is C=C(C)C1CCC(C)=CC1c1c(O)cc(CCCCC)c(Br)c1N=O. The Morgan fingerprint density at radius 1 is 1.44 bits per heavy atom. The highest BCUT2D eigenvalue weighted by Gasteiger charge is 2.31. The van der Waals surface area contributed by atoms with Crippen LogP contribution in [0.5, 0.6) is 5.75 Å². The van der Waals surface area contributed by atoms with Crippen molar-refractivity contribution in [3.63, 3.8) is 0 Å². The van der Waals surface area contributed by atoms with E-state index in [0.29, 0.717) is 11.3 Å². The van der Waals surface area contributed by atoms with Crippen molar-refractivity contribution in [2.75, 3.05) is 0 Å². The number of rotatable bonds is 7. The normalized spacial score (nSPS) is 20.2. The molecule has 25 heavy (non-hydrogen) atoms. The minimum atomic E-state index is -0.0556. The first kappa shape index (κ1) is 19.9. The molecule has 136 valence electrons. The molecule has 0 fully saturated rings. The van der Waals surface area contributed by atoms with Crippen molar-refractivity contribution in [3.8, 4) is 5.75 Å². The molecule has 0 bridgehead atoms. The molecular formula is C21H28BrNO2. The average molecular weight is 406 g/mol. The Bertz CT molecular complexity index is 694. The quantitative estimate of drug-likeness (QED) is 0.293. The number of halogens is 1. The van der Waals surface area contributed by atoms with E-state index >= 15 is 0 Å². The van der Waals surface area contributed by atoms with Gasteiger partial charge in [-0.05, 0) is 78.2 Å². The molecule has 0 saturated carbocycles. The zero-order valence-electron chi connectivity index (χ0n) is 15.4. The highest BCUT2D eigenvalue weighted by molar-refractivity contribution is 9.10. The molecule has 0 amide bonds. The maximum Gasteiger partial charge on any atom is 0.129 e. The molecule has 0 aliphatic heterocycles. The Labute approximate surface area is 159 Å². The van der Waals surface area contributed by atoms with Crippen molar-refractivity contribution < 1.29 is 5.11 Å². The molecule has 2 atom stereocenters. The molecule has 1 N–H and O–H groups in total. The lowest BCUT2D eigenvalue weighted by Gasteiger charge is -2.31. The van der Waals surface area contributed by atoms with Crippen LogP contribution in [-0.4, -0.2) is 5.11 Å². The van der Waals surface area contributed by atoms with Crippen LogP contribution < -0.4 is 0 Å². The van der Waals surface area contributed by atoms with Gasteiger partial charge in [0.05, 0.1) is 4.47 Å². The van der Waals surface area contributed by atoms with E-state index in [1.807, 2.05) is 6.92 Å². The smallest absolute Gasteiger partial charge is 0.129 e. The van der Waals surface area contributed by atoms with Gasteiger partial charge in [0.15, 0.2) is 0 Å². The maximum atomic E-state index is 11.6. The van der Waals surface area contributed by atoms with E-state index in [4.69, 9.17) is 0 Å². The number of allylic oxidation sites excluding steroid dienone is 3. The van der Waals surface area contributed by atoms with Crippen LogP contribution in [0, 0.1) is 10.8 Å². The molecule has 3 nitrogen and oxygen atoms in total. The van der Waals surface area contributed by atoms with Crippen LogP contribution in [-0.2, 0) is 6.42 Å². The summed E-state index contributed by atoms with van der Waals surface area (Å²) in [6, 6.07) is 1.80. The molecule has 0 saturated heterocycles. The Morgan fingerprint density at radius 2 is 2.16 bits per heavy atom. The average Bonchev–Trinajstić information content (AvgIpc) is 2.57. The summed E-state index contributed by atoms with van der Waals surface area (Å²) in [5, 5.41) is 14.0. The summed E-state index contributed by atoms with van der Waals surface area (Å²) in [4.78, 5) is 11.6. The lowest BCUT2D eigenvalue weighted by Crippen LogP contribution is -2.17. The Hall–Kier alpha value is -1.42. The fourth-order valence-corrected chi connectivity index (χ4v) is 4.37. The Kier molecular flexibility index (Phi) is 7.00. The summed E-state index contributed by atoms with van der Waals surface area (Å²) < 4.78 is 0.725. The van der Waals surface area contributed by atoms with Gasteiger partial charge in [0.1, 0.15) is 11.4 Å². The van der Waals surface area contributed by atoms with Gasteiger partial charge < -0.3 is 5.11 Å². The Balaban J connectivity index is 2.53. The van der Waals surface area contributed by atoms with Crippen LogP contribution >= 0.6 is 15.9 Å². The van der Waals surface area contributed by atoms with E-state index < -0.39 is 0 Å². The summed E-state index contributed by atoms with van der Waals surface area (Å²) in [7, 11) is 0. The number of hydrogen-bond acceptors (Lipinski definition) is 3. The fraction of sp³-hybridized carbons (Fsp3) is 0.524. The number of benzene rings is 1. The first-order chi connectivity index (χ1) is 11.9. The number of aryl methyl sites for hydroxylation is 1. The van der Waals surface area contributed by atoms with Gasteiger partial charge in [-0.15, -0.1) is 4.91 Å². The Morgan fingerprint density at radius 3 is 2.76 bits per heavy atom. The number of aromatic hydroxyl groups is 1. The molecule has 1 aromatic rings. The number of nitroso groups, excluding NO2 is 1. The van der Waals surface area contributed by atoms with Gasteiger partial charge in [0, 0.05) is 11.5 Å². The maximum absolute atomic E-state index is 11.6. The zero-order chi connectivity index (χ0) is 18.6. The van der Waals surface area contributed by atoms with Crippen LogP contribution in [0.4, 0.5) is 5.69 Å². The molecule has 0 spiro atoms. The largest absolute Gasteiger partial charge is 0.508 e. The molecule has 0 radical (unpaired) electrons. The van der Waals surface area contributed by atoms with E-state index in [1.54, 1.807) is 6.07 Å². The highest BCUT2D eigenvalue weighted by Crippen LogP contribution is 2.49. The summed E-state index contributed by atoms with van der Waals surface area (Å²) in [6.45, 7) is 10.4. The molecule has 2 unspecified atom stereocenters. The van der Waals surface area contributed by atoms with Crippen LogP contribution in [0.1, 0.15) is 69.9 Å². The predicted molar refractivity (Wildman–Crippen MR) is 109 cm³/mol. The molecule has 4 heteroatoms. The van der Waals surface area contributed by atoms with Crippen molar-refractivity contribution in [2.45, 2.75) is 65.2 Å². The molecule has 1 aliphatic carbocycles. The first-order valence-electron chi connectivity index (χ1n) is 9.10. The van der Waals surface area contributed by atoms with Gasteiger partial charge in [0.25, 0.3) is 0 Å². The molecule has 0 aromatic heterocycles. The molecule has 2 rings (SSSR count). The summed E-state index contributed by atoms with van der Waals surface area (Å²) in [6.07, 6.45) is 8.28. The topological polar surface area (TPSA) is 49.7 Å². The standard InChI is InChI=1S/C21H28BrNO2/c1-5-6-7-8-15-12-18(24)19(21(23-25)20(15)22)17-11-14(4)9-10-16(17)13(2)3/h11-12,16-17,24H,2,5-10H2,1,3-4H3.